The molecule has 2 rings (SSSR count). The highest BCUT2D eigenvalue weighted by atomic mass is 32.2. The molecule has 5 nitrogen and oxygen atoms in total. The van der Waals surface area contributed by atoms with Crippen molar-refractivity contribution in [3.05, 3.63) is 29.8 Å². The first-order valence-corrected chi connectivity index (χ1v) is 8.03. The Bertz CT molecular complexity index is 526. The summed E-state index contributed by atoms with van der Waals surface area (Å²) < 4.78 is 5.64. The maximum Gasteiger partial charge on any atom is 0.236 e. The maximum absolute atomic E-state index is 11.0. The van der Waals surface area contributed by atoms with Crippen molar-refractivity contribution >= 4 is 29.1 Å². The van der Waals surface area contributed by atoms with E-state index in [0.29, 0.717) is 10.9 Å². The molecule has 1 aromatic rings. The summed E-state index contributed by atoms with van der Waals surface area (Å²) >= 11 is 1.36. The van der Waals surface area contributed by atoms with Crippen LogP contribution in [0.3, 0.4) is 0 Å². The molecule has 0 atom stereocenters. The molecule has 1 saturated heterocycles. The average Bonchev–Trinajstić information content (AvgIpc) is 2.91. The van der Waals surface area contributed by atoms with E-state index in [9.17, 15) is 4.79 Å². The van der Waals surface area contributed by atoms with E-state index in [1.807, 2.05) is 24.3 Å². The van der Waals surface area contributed by atoms with Crippen molar-refractivity contribution in [3.8, 4) is 5.75 Å². The number of carbonyl (C=O) groups excluding carboxylic acids is 1. The summed E-state index contributed by atoms with van der Waals surface area (Å²) in [6, 6.07) is 7.71. The van der Waals surface area contributed by atoms with Crippen molar-refractivity contribution in [1.29, 1.82) is 0 Å². The first-order valence-electron chi connectivity index (χ1n) is 7.04. The molecule has 1 heterocycles. The van der Waals surface area contributed by atoms with E-state index >= 15 is 0 Å². The zero-order chi connectivity index (χ0) is 14.9. The van der Waals surface area contributed by atoms with Gasteiger partial charge in [0.05, 0.1) is 18.6 Å². The number of hydrogen-bond donors (Lipinski definition) is 1. The number of carbonyl (C=O) groups is 1. The second-order valence-electron chi connectivity index (χ2n) is 4.61. The summed E-state index contributed by atoms with van der Waals surface area (Å²) in [5, 5.41) is 11.1. The molecule has 0 aliphatic carbocycles. The van der Waals surface area contributed by atoms with Crippen molar-refractivity contribution in [3.63, 3.8) is 0 Å². The number of amides is 1. The maximum atomic E-state index is 11.0. The van der Waals surface area contributed by atoms with Crippen LogP contribution < -0.4 is 10.1 Å². The van der Waals surface area contributed by atoms with Gasteiger partial charge < -0.3 is 10.1 Å². The van der Waals surface area contributed by atoms with Crippen molar-refractivity contribution < 1.29 is 9.53 Å². The van der Waals surface area contributed by atoms with Crippen molar-refractivity contribution in [1.82, 2.24) is 5.32 Å². The third-order valence-electron chi connectivity index (χ3n) is 2.84. The molecule has 0 unspecified atom stereocenters. The highest BCUT2D eigenvalue weighted by Crippen LogP contribution is 2.12. The number of hydrogen-bond acceptors (Lipinski definition) is 5. The number of amidine groups is 1. The first kappa shape index (κ1) is 15.6. The van der Waals surface area contributed by atoms with E-state index in [0.717, 1.165) is 24.3 Å². The van der Waals surface area contributed by atoms with Crippen LogP contribution in [0, 0.1) is 0 Å². The molecule has 1 aliphatic rings. The van der Waals surface area contributed by atoms with E-state index in [1.54, 1.807) is 6.21 Å². The Morgan fingerprint density at radius 2 is 2.14 bits per heavy atom. The van der Waals surface area contributed by atoms with Crippen LogP contribution in [0.4, 0.5) is 0 Å². The van der Waals surface area contributed by atoms with Gasteiger partial charge in [0.2, 0.25) is 5.91 Å². The fourth-order valence-corrected chi connectivity index (χ4v) is 2.35. The molecular weight excluding hydrogens is 286 g/mol. The summed E-state index contributed by atoms with van der Waals surface area (Å²) in [6.45, 7) is 2.93. The van der Waals surface area contributed by atoms with Crippen LogP contribution in [-0.2, 0) is 4.79 Å². The molecule has 1 aliphatic heterocycles. The van der Waals surface area contributed by atoms with Crippen LogP contribution in [0.15, 0.2) is 34.5 Å². The van der Waals surface area contributed by atoms with Crippen LogP contribution in [0.2, 0.25) is 0 Å². The molecule has 1 amide bonds. The van der Waals surface area contributed by atoms with Gasteiger partial charge in [0.15, 0.2) is 5.17 Å². The molecule has 6 heteroatoms. The molecule has 0 bridgehead atoms. The van der Waals surface area contributed by atoms with Crippen LogP contribution in [0.5, 0.6) is 5.75 Å². The summed E-state index contributed by atoms with van der Waals surface area (Å²) in [6.07, 6.45) is 5.12. The fourth-order valence-electron chi connectivity index (χ4n) is 1.72. The Kier molecular flexibility index (Phi) is 6.27. The van der Waals surface area contributed by atoms with Gasteiger partial charge in [0.1, 0.15) is 5.75 Å². The Morgan fingerprint density at radius 1 is 1.33 bits per heavy atom. The topological polar surface area (TPSA) is 63.1 Å². The number of ether oxygens (including phenoxy) is 1. The number of rotatable bonds is 7. The van der Waals surface area contributed by atoms with Crippen LogP contribution in [-0.4, -0.2) is 29.6 Å². The van der Waals surface area contributed by atoms with Crippen LogP contribution >= 0.6 is 11.8 Å². The molecule has 1 fully saturated rings. The number of unbranched alkanes of at least 4 members (excludes halogenated alkanes) is 2. The summed E-state index contributed by atoms with van der Waals surface area (Å²) in [5.74, 6) is 1.25. The van der Waals surface area contributed by atoms with Gasteiger partial charge in [0.25, 0.3) is 0 Å². The summed E-state index contributed by atoms with van der Waals surface area (Å²) in [5.41, 5.74) is 0.939. The Hall–Kier alpha value is -1.82. The van der Waals surface area contributed by atoms with Gasteiger partial charge in [-0.1, -0.05) is 31.5 Å². The van der Waals surface area contributed by atoms with E-state index in [1.165, 1.54) is 24.6 Å². The highest BCUT2D eigenvalue weighted by molar-refractivity contribution is 8.15. The van der Waals surface area contributed by atoms with E-state index < -0.39 is 0 Å². The van der Waals surface area contributed by atoms with Gasteiger partial charge in [-0.15, -0.1) is 5.10 Å². The number of thioether (sulfide) groups is 1. The SMILES string of the molecule is CCCCCOc1ccc(/C=N/N=C2\NC(=O)CS2)cc1. The number of benzene rings is 1. The Balaban J connectivity index is 1.80. The highest BCUT2D eigenvalue weighted by Gasteiger charge is 2.15. The average molecular weight is 305 g/mol. The van der Waals surface area contributed by atoms with Gasteiger partial charge in [-0.3, -0.25) is 4.79 Å². The largest absolute Gasteiger partial charge is 0.494 e. The third-order valence-corrected chi connectivity index (χ3v) is 3.70. The molecule has 0 spiro atoms. The predicted molar refractivity (Wildman–Crippen MR) is 87.1 cm³/mol. The lowest BCUT2D eigenvalue weighted by Crippen LogP contribution is -2.19. The minimum atomic E-state index is -0.0291. The molecule has 112 valence electrons. The molecule has 1 N–H and O–H groups in total. The van der Waals surface area contributed by atoms with Crippen LogP contribution in [0.1, 0.15) is 31.7 Å². The zero-order valence-electron chi connectivity index (χ0n) is 12.0. The lowest BCUT2D eigenvalue weighted by Gasteiger charge is -2.05. The standard InChI is InChI=1S/C15H19N3O2S/c1-2-3-4-9-20-13-7-5-12(6-8-13)10-16-18-15-17-14(19)11-21-15/h5-8,10H,2-4,9,11H2,1H3,(H,17,18,19)/b16-10+. The van der Waals surface area contributed by atoms with Gasteiger partial charge in [-0.25, -0.2) is 0 Å². The van der Waals surface area contributed by atoms with Gasteiger partial charge in [-0.05, 0) is 36.2 Å². The van der Waals surface area contributed by atoms with E-state index in [-0.39, 0.29) is 5.91 Å². The lowest BCUT2D eigenvalue weighted by atomic mass is 10.2. The minimum absolute atomic E-state index is 0.0291. The Morgan fingerprint density at radius 3 is 2.81 bits per heavy atom. The van der Waals surface area contributed by atoms with Gasteiger partial charge >= 0.3 is 0 Å². The fraction of sp³-hybridized carbons (Fsp3) is 0.400. The third kappa shape index (κ3) is 5.59. The monoisotopic (exact) mass is 305 g/mol. The van der Waals surface area contributed by atoms with Crippen molar-refractivity contribution in [2.24, 2.45) is 10.2 Å². The summed E-state index contributed by atoms with van der Waals surface area (Å²) in [4.78, 5) is 11.0. The Labute approximate surface area is 128 Å². The summed E-state index contributed by atoms with van der Waals surface area (Å²) in [7, 11) is 0. The van der Waals surface area contributed by atoms with E-state index in [4.69, 9.17) is 4.74 Å². The lowest BCUT2D eigenvalue weighted by molar-refractivity contribution is -0.116. The molecule has 21 heavy (non-hydrogen) atoms. The normalized spacial score (nSPS) is 16.6. The molecular formula is C15H19N3O2S. The van der Waals surface area contributed by atoms with Crippen LogP contribution in [0.25, 0.3) is 0 Å². The van der Waals surface area contributed by atoms with E-state index in [2.05, 4.69) is 22.4 Å². The molecule has 0 saturated carbocycles. The van der Waals surface area contributed by atoms with Crippen molar-refractivity contribution in [2.45, 2.75) is 26.2 Å². The predicted octanol–water partition coefficient (Wildman–Crippen LogP) is 2.81. The van der Waals surface area contributed by atoms with Crippen molar-refractivity contribution in [2.75, 3.05) is 12.4 Å². The number of nitrogens with one attached hydrogen (secondary N) is 1. The molecule has 0 aromatic heterocycles. The second-order valence-corrected chi connectivity index (χ2v) is 5.58. The zero-order valence-corrected chi connectivity index (χ0v) is 12.9. The number of nitrogens with zero attached hydrogens (tertiary/aromatic N) is 2. The second kappa shape index (κ2) is 8.46. The minimum Gasteiger partial charge on any atom is -0.494 e. The first-order chi connectivity index (χ1) is 10.3. The van der Waals surface area contributed by atoms with Gasteiger partial charge in [-0.2, -0.15) is 5.10 Å². The quantitative estimate of drug-likeness (QED) is 0.478. The van der Waals surface area contributed by atoms with Gasteiger partial charge in [0, 0.05) is 0 Å². The molecule has 1 aromatic carbocycles. The smallest absolute Gasteiger partial charge is 0.236 e. The molecule has 0 radical (unpaired) electrons.